The van der Waals surface area contributed by atoms with E-state index in [1.54, 1.807) is 13.3 Å². The van der Waals surface area contributed by atoms with Crippen molar-refractivity contribution in [3.8, 4) is 0 Å². The lowest BCUT2D eigenvalue weighted by Gasteiger charge is -2.59. The van der Waals surface area contributed by atoms with Gasteiger partial charge in [0.15, 0.2) is 0 Å². The van der Waals surface area contributed by atoms with Gasteiger partial charge < -0.3 is 10.1 Å². The maximum Gasteiger partial charge on any atom is 0.220 e. The minimum absolute atomic E-state index is 0.0393. The van der Waals surface area contributed by atoms with Crippen LogP contribution in [-0.4, -0.2) is 29.6 Å². The molecule has 0 unspecified atom stereocenters. The van der Waals surface area contributed by atoms with E-state index >= 15 is 0 Å². The molecule has 1 N–H and O–H groups in total. The molecule has 1 aliphatic rings. The third-order valence-electron chi connectivity index (χ3n) is 4.95. The van der Waals surface area contributed by atoms with E-state index in [-0.39, 0.29) is 23.0 Å². The van der Waals surface area contributed by atoms with E-state index in [4.69, 9.17) is 4.74 Å². The van der Waals surface area contributed by atoms with Crippen molar-refractivity contribution in [2.45, 2.75) is 51.7 Å². The van der Waals surface area contributed by atoms with Gasteiger partial charge in [-0.2, -0.15) is 0 Å². The van der Waals surface area contributed by atoms with Crippen LogP contribution in [0.5, 0.6) is 0 Å². The van der Waals surface area contributed by atoms with Crippen molar-refractivity contribution in [3.63, 3.8) is 0 Å². The lowest BCUT2D eigenvalue weighted by atomic mass is 9.56. The third kappa shape index (κ3) is 2.70. The molecule has 0 aliphatic heterocycles. The number of rotatable bonds is 5. The van der Waals surface area contributed by atoms with Crippen LogP contribution in [0.3, 0.4) is 0 Å². The minimum Gasteiger partial charge on any atom is -0.378 e. The number of ether oxygens (including phenoxy) is 1. The fourth-order valence-corrected chi connectivity index (χ4v) is 2.78. The molecular formula is C16H24N2O2. The summed E-state index contributed by atoms with van der Waals surface area (Å²) in [6.07, 6.45) is 3.78. The molecular weight excluding hydrogens is 252 g/mol. The molecule has 1 heterocycles. The van der Waals surface area contributed by atoms with Gasteiger partial charge in [-0.3, -0.25) is 9.78 Å². The Hall–Kier alpha value is -1.42. The standard InChI is InChI=1S/C16H24N2O2/c1-15(2)13(11-16(15,3)20-4)18-14(19)9-8-12-7-5-6-10-17-12/h5-7,10,13H,8-9,11H2,1-4H3,(H,18,19)/t13-,16-/m1/s1. The summed E-state index contributed by atoms with van der Waals surface area (Å²) in [6, 6.07) is 5.96. The summed E-state index contributed by atoms with van der Waals surface area (Å²) in [7, 11) is 1.74. The Balaban J connectivity index is 1.82. The molecule has 2 atom stereocenters. The number of methoxy groups -OCH3 is 1. The predicted molar refractivity (Wildman–Crippen MR) is 78.3 cm³/mol. The van der Waals surface area contributed by atoms with Gasteiger partial charge in [-0.1, -0.05) is 19.9 Å². The molecule has 1 aliphatic carbocycles. The molecule has 110 valence electrons. The number of aromatic nitrogens is 1. The van der Waals surface area contributed by atoms with Gasteiger partial charge >= 0.3 is 0 Å². The maximum absolute atomic E-state index is 12.0. The SMILES string of the molecule is CO[C@]1(C)C[C@@H](NC(=O)CCc2ccccn2)C1(C)C. The highest BCUT2D eigenvalue weighted by Crippen LogP contribution is 2.51. The highest BCUT2D eigenvalue weighted by molar-refractivity contribution is 5.76. The van der Waals surface area contributed by atoms with E-state index in [0.29, 0.717) is 12.8 Å². The summed E-state index contributed by atoms with van der Waals surface area (Å²) in [5, 5.41) is 3.12. The number of aryl methyl sites for hydroxylation is 1. The Morgan fingerprint density at radius 2 is 2.20 bits per heavy atom. The molecule has 4 heteroatoms. The zero-order valence-electron chi connectivity index (χ0n) is 12.8. The Morgan fingerprint density at radius 1 is 1.45 bits per heavy atom. The van der Waals surface area contributed by atoms with Crippen LogP contribution in [0, 0.1) is 5.41 Å². The quantitative estimate of drug-likeness (QED) is 0.898. The maximum atomic E-state index is 12.0. The second-order valence-electron chi connectivity index (χ2n) is 6.30. The molecule has 0 spiro atoms. The van der Waals surface area contributed by atoms with Crippen molar-refractivity contribution in [1.29, 1.82) is 0 Å². The highest BCUT2D eigenvalue weighted by atomic mass is 16.5. The number of carbonyl (C=O) groups is 1. The predicted octanol–water partition coefficient (Wildman–Crippen LogP) is 2.33. The van der Waals surface area contributed by atoms with Gasteiger partial charge in [0.2, 0.25) is 5.91 Å². The molecule has 2 rings (SSSR count). The average molecular weight is 276 g/mol. The topological polar surface area (TPSA) is 51.2 Å². The number of pyridine rings is 1. The second-order valence-corrected chi connectivity index (χ2v) is 6.30. The number of nitrogens with zero attached hydrogens (tertiary/aromatic N) is 1. The largest absolute Gasteiger partial charge is 0.378 e. The fraction of sp³-hybridized carbons (Fsp3) is 0.625. The zero-order chi connectivity index (χ0) is 14.8. The number of hydrogen-bond donors (Lipinski definition) is 1. The summed E-state index contributed by atoms with van der Waals surface area (Å²) in [5.74, 6) is 0.0897. The first-order valence-electron chi connectivity index (χ1n) is 7.13. The molecule has 1 fully saturated rings. The first kappa shape index (κ1) is 15.0. The summed E-state index contributed by atoms with van der Waals surface area (Å²) in [5.41, 5.74) is 0.770. The molecule has 0 bridgehead atoms. The minimum atomic E-state index is -0.147. The highest BCUT2D eigenvalue weighted by Gasteiger charge is 2.58. The molecule has 0 radical (unpaired) electrons. The third-order valence-corrected chi connectivity index (χ3v) is 4.95. The van der Waals surface area contributed by atoms with E-state index in [1.165, 1.54) is 0 Å². The van der Waals surface area contributed by atoms with Crippen molar-refractivity contribution >= 4 is 5.91 Å². The van der Waals surface area contributed by atoms with E-state index in [0.717, 1.165) is 12.1 Å². The lowest BCUT2D eigenvalue weighted by molar-refractivity contribution is -0.182. The molecule has 1 amide bonds. The van der Waals surface area contributed by atoms with Gasteiger partial charge in [-0.05, 0) is 31.9 Å². The smallest absolute Gasteiger partial charge is 0.220 e. The first-order chi connectivity index (χ1) is 9.39. The summed E-state index contributed by atoms with van der Waals surface area (Å²) in [4.78, 5) is 16.3. The Kier molecular flexibility index (Phi) is 4.14. The zero-order valence-corrected chi connectivity index (χ0v) is 12.8. The average Bonchev–Trinajstić information content (AvgIpc) is 2.45. The molecule has 1 aromatic rings. The van der Waals surface area contributed by atoms with Crippen LogP contribution in [0.15, 0.2) is 24.4 Å². The van der Waals surface area contributed by atoms with Gasteiger partial charge in [-0.25, -0.2) is 0 Å². The van der Waals surface area contributed by atoms with Crippen molar-refractivity contribution in [2.75, 3.05) is 7.11 Å². The Morgan fingerprint density at radius 3 is 2.75 bits per heavy atom. The monoisotopic (exact) mass is 276 g/mol. The van der Waals surface area contributed by atoms with Crippen molar-refractivity contribution in [1.82, 2.24) is 10.3 Å². The van der Waals surface area contributed by atoms with Crippen LogP contribution < -0.4 is 5.32 Å². The van der Waals surface area contributed by atoms with Crippen LogP contribution in [0.4, 0.5) is 0 Å². The summed E-state index contributed by atoms with van der Waals surface area (Å²) in [6.45, 7) is 6.39. The normalized spacial score (nSPS) is 27.7. The molecule has 0 aromatic carbocycles. The van der Waals surface area contributed by atoms with Crippen molar-refractivity contribution < 1.29 is 9.53 Å². The van der Waals surface area contributed by atoms with Crippen LogP contribution in [0.1, 0.15) is 39.3 Å². The van der Waals surface area contributed by atoms with Gasteiger partial charge in [-0.15, -0.1) is 0 Å². The van der Waals surface area contributed by atoms with Crippen LogP contribution in [-0.2, 0) is 16.0 Å². The molecule has 4 nitrogen and oxygen atoms in total. The van der Waals surface area contributed by atoms with Crippen LogP contribution in [0.25, 0.3) is 0 Å². The van der Waals surface area contributed by atoms with E-state index in [1.807, 2.05) is 18.2 Å². The molecule has 0 saturated heterocycles. The number of hydrogen-bond acceptors (Lipinski definition) is 3. The van der Waals surface area contributed by atoms with Gasteiger partial charge in [0, 0.05) is 36.9 Å². The fourth-order valence-electron chi connectivity index (χ4n) is 2.78. The van der Waals surface area contributed by atoms with Crippen molar-refractivity contribution in [3.05, 3.63) is 30.1 Å². The van der Waals surface area contributed by atoms with Crippen LogP contribution in [0.2, 0.25) is 0 Å². The molecule has 20 heavy (non-hydrogen) atoms. The van der Waals surface area contributed by atoms with Gasteiger partial charge in [0.1, 0.15) is 0 Å². The Labute approximate surface area is 120 Å². The number of nitrogens with one attached hydrogen (secondary N) is 1. The summed E-state index contributed by atoms with van der Waals surface area (Å²) >= 11 is 0. The number of carbonyl (C=O) groups excluding carboxylic acids is 1. The van der Waals surface area contributed by atoms with Gasteiger partial charge in [0.25, 0.3) is 0 Å². The van der Waals surface area contributed by atoms with E-state index in [2.05, 4.69) is 31.1 Å². The summed E-state index contributed by atoms with van der Waals surface area (Å²) < 4.78 is 5.57. The molecule has 1 aromatic heterocycles. The number of amides is 1. The van der Waals surface area contributed by atoms with E-state index < -0.39 is 0 Å². The van der Waals surface area contributed by atoms with Crippen molar-refractivity contribution in [2.24, 2.45) is 5.41 Å². The lowest BCUT2D eigenvalue weighted by Crippen LogP contribution is -2.68. The molecule has 1 saturated carbocycles. The first-order valence-corrected chi connectivity index (χ1v) is 7.13. The van der Waals surface area contributed by atoms with E-state index in [9.17, 15) is 4.79 Å². The van der Waals surface area contributed by atoms with Gasteiger partial charge in [0.05, 0.1) is 5.60 Å². The second kappa shape index (κ2) is 5.52. The Bertz CT molecular complexity index is 473. The van der Waals surface area contributed by atoms with Crippen LogP contribution >= 0.6 is 0 Å².